The molecule has 1 aromatic heterocycles. The lowest BCUT2D eigenvalue weighted by Gasteiger charge is -2.22. The van der Waals surface area contributed by atoms with Gasteiger partial charge in [0.15, 0.2) is 5.78 Å². The second-order valence-electron chi connectivity index (χ2n) is 3.83. The van der Waals surface area contributed by atoms with Gasteiger partial charge < -0.3 is 4.74 Å². The second-order valence-corrected chi connectivity index (χ2v) is 3.83. The van der Waals surface area contributed by atoms with Crippen molar-refractivity contribution < 1.29 is 9.53 Å². The van der Waals surface area contributed by atoms with Crippen molar-refractivity contribution in [2.24, 2.45) is 0 Å². The number of carbonyl (C=O) groups is 1. The molecule has 0 unspecified atom stereocenters. The van der Waals surface area contributed by atoms with E-state index in [0.717, 1.165) is 31.6 Å². The minimum atomic E-state index is 0.160. The standard InChI is InChI=1S/C11H16N2O2/c1-2-11(14)9-7-12-13(8-9)10-3-5-15-6-4-10/h7-8,10H,2-6H2,1H3. The molecule has 2 heterocycles. The predicted molar refractivity (Wildman–Crippen MR) is 55.9 cm³/mol. The van der Waals surface area contributed by atoms with Crippen LogP contribution in [0.1, 0.15) is 42.6 Å². The van der Waals surface area contributed by atoms with Gasteiger partial charge in [-0.1, -0.05) is 6.92 Å². The van der Waals surface area contributed by atoms with Crippen molar-refractivity contribution in [3.8, 4) is 0 Å². The molecule has 4 nitrogen and oxygen atoms in total. The smallest absolute Gasteiger partial charge is 0.165 e. The molecule has 1 aromatic rings. The lowest BCUT2D eigenvalue weighted by molar-refractivity contribution is 0.0662. The first-order valence-corrected chi connectivity index (χ1v) is 5.46. The van der Waals surface area contributed by atoms with Crippen LogP contribution >= 0.6 is 0 Å². The maximum absolute atomic E-state index is 11.4. The molecule has 82 valence electrons. The van der Waals surface area contributed by atoms with Crippen LogP contribution in [0.3, 0.4) is 0 Å². The fraction of sp³-hybridized carbons (Fsp3) is 0.636. The average Bonchev–Trinajstić information content (AvgIpc) is 2.78. The molecule has 4 heteroatoms. The zero-order valence-corrected chi connectivity index (χ0v) is 8.98. The fourth-order valence-corrected chi connectivity index (χ4v) is 1.84. The number of nitrogens with zero attached hydrogens (tertiary/aromatic N) is 2. The average molecular weight is 208 g/mol. The van der Waals surface area contributed by atoms with Crippen LogP contribution in [0, 0.1) is 0 Å². The molecular formula is C11H16N2O2. The van der Waals surface area contributed by atoms with Gasteiger partial charge in [-0.05, 0) is 12.8 Å². The molecule has 0 radical (unpaired) electrons. The Kier molecular flexibility index (Phi) is 3.16. The van der Waals surface area contributed by atoms with Crippen LogP contribution in [0.25, 0.3) is 0 Å². The first-order chi connectivity index (χ1) is 7.31. The fourth-order valence-electron chi connectivity index (χ4n) is 1.84. The Labute approximate surface area is 89.2 Å². The quantitative estimate of drug-likeness (QED) is 0.712. The lowest BCUT2D eigenvalue weighted by atomic mass is 10.1. The second kappa shape index (κ2) is 4.57. The summed E-state index contributed by atoms with van der Waals surface area (Å²) in [6.45, 7) is 3.46. The van der Waals surface area contributed by atoms with Crippen LogP contribution in [0.2, 0.25) is 0 Å². The van der Waals surface area contributed by atoms with Gasteiger partial charge in [0.25, 0.3) is 0 Å². The number of Topliss-reactive ketones (excluding diaryl/α,β-unsaturated/α-hetero) is 1. The number of ether oxygens (including phenoxy) is 1. The van der Waals surface area contributed by atoms with Crippen molar-refractivity contribution in [2.75, 3.05) is 13.2 Å². The van der Waals surface area contributed by atoms with Crippen LogP contribution in [0.5, 0.6) is 0 Å². The molecular weight excluding hydrogens is 192 g/mol. The van der Waals surface area contributed by atoms with Crippen molar-refractivity contribution >= 4 is 5.78 Å². The van der Waals surface area contributed by atoms with Gasteiger partial charge in [0.2, 0.25) is 0 Å². The molecule has 1 aliphatic heterocycles. The van der Waals surface area contributed by atoms with Crippen LogP contribution < -0.4 is 0 Å². The molecule has 0 atom stereocenters. The maximum Gasteiger partial charge on any atom is 0.165 e. The zero-order valence-electron chi connectivity index (χ0n) is 8.98. The van der Waals surface area contributed by atoms with Gasteiger partial charge in [0.1, 0.15) is 0 Å². The SMILES string of the molecule is CCC(=O)c1cnn(C2CCOCC2)c1. The summed E-state index contributed by atoms with van der Waals surface area (Å²) in [6.07, 6.45) is 6.05. The summed E-state index contributed by atoms with van der Waals surface area (Å²) in [5, 5.41) is 4.25. The van der Waals surface area contributed by atoms with E-state index in [2.05, 4.69) is 5.10 Å². The van der Waals surface area contributed by atoms with Gasteiger partial charge >= 0.3 is 0 Å². The monoisotopic (exact) mass is 208 g/mol. The van der Waals surface area contributed by atoms with E-state index in [1.165, 1.54) is 0 Å². The summed E-state index contributed by atoms with van der Waals surface area (Å²) in [5.74, 6) is 0.160. The van der Waals surface area contributed by atoms with Crippen molar-refractivity contribution in [2.45, 2.75) is 32.2 Å². The predicted octanol–water partition coefficient (Wildman–Crippen LogP) is 1.83. The van der Waals surface area contributed by atoms with E-state index in [1.54, 1.807) is 6.20 Å². The summed E-state index contributed by atoms with van der Waals surface area (Å²) < 4.78 is 7.20. The summed E-state index contributed by atoms with van der Waals surface area (Å²) in [6, 6.07) is 0.400. The Hall–Kier alpha value is -1.16. The summed E-state index contributed by atoms with van der Waals surface area (Å²) in [7, 11) is 0. The molecule has 0 bridgehead atoms. The highest BCUT2D eigenvalue weighted by molar-refractivity contribution is 5.95. The van der Waals surface area contributed by atoms with Crippen LogP contribution in [0.15, 0.2) is 12.4 Å². The van der Waals surface area contributed by atoms with E-state index in [0.29, 0.717) is 12.5 Å². The van der Waals surface area contributed by atoms with Gasteiger partial charge in [0.05, 0.1) is 17.8 Å². The van der Waals surface area contributed by atoms with Gasteiger partial charge in [-0.2, -0.15) is 5.10 Å². The van der Waals surface area contributed by atoms with E-state index in [9.17, 15) is 4.79 Å². The highest BCUT2D eigenvalue weighted by Crippen LogP contribution is 2.20. The van der Waals surface area contributed by atoms with Crippen molar-refractivity contribution in [3.63, 3.8) is 0 Å². The molecule has 1 fully saturated rings. The van der Waals surface area contributed by atoms with Crippen molar-refractivity contribution in [1.82, 2.24) is 9.78 Å². The topological polar surface area (TPSA) is 44.1 Å². The van der Waals surface area contributed by atoms with Crippen LogP contribution in [-0.2, 0) is 4.74 Å². The van der Waals surface area contributed by atoms with Gasteiger partial charge in [-0.25, -0.2) is 0 Å². The van der Waals surface area contributed by atoms with E-state index in [4.69, 9.17) is 4.74 Å². The molecule has 0 aromatic carbocycles. The highest BCUT2D eigenvalue weighted by atomic mass is 16.5. The molecule has 1 saturated heterocycles. The molecule has 0 aliphatic carbocycles. The third kappa shape index (κ3) is 2.26. The minimum Gasteiger partial charge on any atom is -0.381 e. The number of hydrogen-bond donors (Lipinski definition) is 0. The Morgan fingerprint density at radius 1 is 1.60 bits per heavy atom. The first-order valence-electron chi connectivity index (χ1n) is 5.46. The largest absolute Gasteiger partial charge is 0.381 e. The molecule has 0 saturated carbocycles. The summed E-state index contributed by atoms with van der Waals surface area (Å²) in [4.78, 5) is 11.4. The number of rotatable bonds is 3. The summed E-state index contributed by atoms with van der Waals surface area (Å²) in [5.41, 5.74) is 0.726. The molecule has 0 N–H and O–H groups in total. The van der Waals surface area contributed by atoms with Gasteiger partial charge in [-0.3, -0.25) is 9.48 Å². The zero-order chi connectivity index (χ0) is 10.7. The van der Waals surface area contributed by atoms with Gasteiger partial charge in [-0.15, -0.1) is 0 Å². The molecule has 0 spiro atoms. The third-order valence-corrected chi connectivity index (χ3v) is 2.81. The van der Waals surface area contributed by atoms with Gasteiger partial charge in [0, 0.05) is 25.8 Å². The Morgan fingerprint density at radius 3 is 3.00 bits per heavy atom. The number of carbonyl (C=O) groups excluding carboxylic acids is 1. The summed E-state index contributed by atoms with van der Waals surface area (Å²) >= 11 is 0. The van der Waals surface area contributed by atoms with E-state index < -0.39 is 0 Å². The lowest BCUT2D eigenvalue weighted by Crippen LogP contribution is -2.19. The Morgan fingerprint density at radius 2 is 2.33 bits per heavy atom. The number of hydrogen-bond acceptors (Lipinski definition) is 3. The number of ketones is 1. The maximum atomic E-state index is 11.4. The first kappa shape index (κ1) is 10.4. The highest BCUT2D eigenvalue weighted by Gasteiger charge is 2.17. The van der Waals surface area contributed by atoms with Crippen molar-refractivity contribution in [1.29, 1.82) is 0 Å². The normalized spacial score (nSPS) is 17.9. The Bertz CT molecular complexity index is 340. The minimum absolute atomic E-state index is 0.160. The third-order valence-electron chi connectivity index (χ3n) is 2.81. The molecule has 0 amide bonds. The molecule has 2 rings (SSSR count). The molecule has 1 aliphatic rings. The van der Waals surface area contributed by atoms with E-state index in [-0.39, 0.29) is 5.78 Å². The Balaban J connectivity index is 2.08. The number of aromatic nitrogens is 2. The van der Waals surface area contributed by atoms with Crippen LogP contribution in [0.4, 0.5) is 0 Å². The van der Waals surface area contributed by atoms with E-state index >= 15 is 0 Å². The molecule has 15 heavy (non-hydrogen) atoms. The van der Waals surface area contributed by atoms with Crippen molar-refractivity contribution in [3.05, 3.63) is 18.0 Å². The van der Waals surface area contributed by atoms with Crippen LogP contribution in [-0.4, -0.2) is 28.8 Å². The van der Waals surface area contributed by atoms with E-state index in [1.807, 2.05) is 17.8 Å².